The third-order valence-electron chi connectivity index (χ3n) is 3.62. The van der Waals surface area contributed by atoms with Crippen LogP contribution in [0.3, 0.4) is 0 Å². The molecule has 0 atom stereocenters. The average Bonchev–Trinajstić information content (AvgIpc) is 3.14. The highest BCUT2D eigenvalue weighted by Crippen LogP contribution is 2.35. The van der Waals surface area contributed by atoms with Gasteiger partial charge in [-0.15, -0.1) is 16.4 Å². The fraction of sp³-hybridized carbons (Fsp3) is 0.357. The zero-order chi connectivity index (χ0) is 14.8. The number of nitrogens with one attached hydrogen (secondary N) is 1. The second-order valence-electron chi connectivity index (χ2n) is 5.14. The van der Waals surface area contributed by atoms with Gasteiger partial charge in [-0.3, -0.25) is 0 Å². The van der Waals surface area contributed by atoms with Gasteiger partial charge in [-0.05, 0) is 18.9 Å². The smallest absolute Gasteiger partial charge is 0.315 e. The van der Waals surface area contributed by atoms with Gasteiger partial charge in [-0.1, -0.05) is 11.5 Å². The summed E-state index contributed by atoms with van der Waals surface area (Å²) in [7, 11) is 0. The van der Waals surface area contributed by atoms with Crippen molar-refractivity contribution in [3.63, 3.8) is 0 Å². The van der Waals surface area contributed by atoms with E-state index in [4.69, 9.17) is 4.42 Å². The van der Waals surface area contributed by atoms with E-state index < -0.39 is 0 Å². The molecule has 3 heterocycles. The fourth-order valence-electron chi connectivity index (χ4n) is 2.19. The molecule has 0 bridgehead atoms. The standard InChI is InChI=1S/C14H14N6OS/c1-3-9(4-1)12-19-20-14(21-12)17-7-10-8-22-13(18-10)11-15-5-2-6-16-11/h2,5-6,8-9H,1,3-4,7H2,(H,17,20). The van der Waals surface area contributed by atoms with E-state index in [1.54, 1.807) is 18.5 Å². The number of thiazole rings is 1. The molecule has 8 heteroatoms. The van der Waals surface area contributed by atoms with E-state index in [-0.39, 0.29) is 0 Å². The summed E-state index contributed by atoms with van der Waals surface area (Å²) in [4.78, 5) is 12.9. The Labute approximate surface area is 130 Å². The van der Waals surface area contributed by atoms with Gasteiger partial charge in [0.05, 0.1) is 12.2 Å². The molecule has 22 heavy (non-hydrogen) atoms. The molecule has 112 valence electrons. The lowest BCUT2D eigenvalue weighted by Crippen LogP contribution is -2.08. The number of anilines is 1. The molecule has 0 saturated heterocycles. The molecule has 7 nitrogen and oxygen atoms in total. The van der Waals surface area contributed by atoms with E-state index in [9.17, 15) is 0 Å². The highest BCUT2D eigenvalue weighted by molar-refractivity contribution is 7.13. The summed E-state index contributed by atoms with van der Waals surface area (Å²) in [5.41, 5.74) is 0.899. The summed E-state index contributed by atoms with van der Waals surface area (Å²) < 4.78 is 5.62. The Kier molecular flexibility index (Phi) is 3.51. The van der Waals surface area contributed by atoms with Crippen LogP contribution < -0.4 is 5.32 Å². The van der Waals surface area contributed by atoms with Gasteiger partial charge in [-0.2, -0.15) is 0 Å². The predicted molar refractivity (Wildman–Crippen MR) is 81.4 cm³/mol. The molecule has 0 unspecified atom stereocenters. The van der Waals surface area contributed by atoms with Crippen molar-refractivity contribution in [2.75, 3.05) is 5.32 Å². The Morgan fingerprint density at radius 3 is 2.86 bits per heavy atom. The van der Waals surface area contributed by atoms with Crippen molar-refractivity contribution in [1.29, 1.82) is 0 Å². The zero-order valence-electron chi connectivity index (χ0n) is 11.8. The topological polar surface area (TPSA) is 89.6 Å². The summed E-state index contributed by atoms with van der Waals surface area (Å²) >= 11 is 1.52. The average molecular weight is 314 g/mol. The summed E-state index contributed by atoms with van der Waals surface area (Å²) in [5, 5.41) is 14.0. The monoisotopic (exact) mass is 314 g/mol. The van der Waals surface area contributed by atoms with Crippen molar-refractivity contribution < 1.29 is 4.42 Å². The van der Waals surface area contributed by atoms with Gasteiger partial charge in [0.15, 0.2) is 10.8 Å². The van der Waals surface area contributed by atoms with Crippen LogP contribution in [0.1, 0.15) is 36.8 Å². The summed E-state index contributed by atoms with van der Waals surface area (Å²) in [5.74, 6) is 1.83. The van der Waals surface area contributed by atoms with Crippen LogP contribution >= 0.6 is 11.3 Å². The first-order valence-electron chi connectivity index (χ1n) is 7.17. The van der Waals surface area contributed by atoms with Crippen LogP contribution in [0.2, 0.25) is 0 Å². The Balaban J connectivity index is 1.39. The number of hydrogen-bond acceptors (Lipinski definition) is 8. The summed E-state index contributed by atoms with van der Waals surface area (Å²) in [6.07, 6.45) is 6.96. The number of hydrogen-bond donors (Lipinski definition) is 1. The van der Waals surface area contributed by atoms with Crippen molar-refractivity contribution in [2.24, 2.45) is 0 Å². The molecule has 1 N–H and O–H groups in total. The molecule has 3 aromatic heterocycles. The Hall–Kier alpha value is -2.35. The van der Waals surface area contributed by atoms with E-state index in [2.05, 4.69) is 30.5 Å². The fourth-order valence-corrected chi connectivity index (χ4v) is 2.96. The first-order chi connectivity index (χ1) is 10.9. The molecule has 1 aliphatic rings. The maximum Gasteiger partial charge on any atom is 0.315 e. The SMILES string of the molecule is c1cnc(-c2nc(CNc3nnc(C4CCC4)o3)cs2)nc1. The molecule has 0 amide bonds. The van der Waals surface area contributed by atoms with Crippen LogP contribution in [0.25, 0.3) is 10.8 Å². The Bertz CT molecular complexity index is 752. The normalized spacial score (nSPS) is 14.7. The number of nitrogens with zero attached hydrogens (tertiary/aromatic N) is 5. The van der Waals surface area contributed by atoms with E-state index in [0.29, 0.717) is 24.3 Å². The second kappa shape index (κ2) is 5.80. The molecule has 4 rings (SSSR count). The highest BCUT2D eigenvalue weighted by atomic mass is 32.1. The summed E-state index contributed by atoms with van der Waals surface area (Å²) in [6, 6.07) is 2.24. The second-order valence-corrected chi connectivity index (χ2v) is 6.00. The maximum absolute atomic E-state index is 5.62. The quantitative estimate of drug-likeness (QED) is 0.774. The van der Waals surface area contributed by atoms with Gasteiger partial charge in [0.1, 0.15) is 0 Å². The van der Waals surface area contributed by atoms with Crippen LogP contribution in [0.5, 0.6) is 0 Å². The molecule has 1 fully saturated rings. The molecular formula is C14H14N6OS. The minimum Gasteiger partial charge on any atom is -0.408 e. The molecule has 1 aliphatic carbocycles. The van der Waals surface area contributed by atoms with Crippen LogP contribution in [-0.2, 0) is 6.54 Å². The first kappa shape index (κ1) is 13.3. The molecule has 1 saturated carbocycles. The van der Waals surface area contributed by atoms with Crippen LogP contribution in [0.4, 0.5) is 6.01 Å². The van der Waals surface area contributed by atoms with Gasteiger partial charge < -0.3 is 9.73 Å². The molecule has 0 radical (unpaired) electrons. The van der Waals surface area contributed by atoms with E-state index in [0.717, 1.165) is 29.4 Å². The van der Waals surface area contributed by atoms with Gasteiger partial charge >= 0.3 is 6.01 Å². The largest absolute Gasteiger partial charge is 0.408 e. The highest BCUT2D eigenvalue weighted by Gasteiger charge is 2.25. The van der Waals surface area contributed by atoms with Crippen molar-refractivity contribution in [3.8, 4) is 10.8 Å². The van der Waals surface area contributed by atoms with Crippen LogP contribution in [0, 0.1) is 0 Å². The zero-order valence-corrected chi connectivity index (χ0v) is 12.6. The first-order valence-corrected chi connectivity index (χ1v) is 8.05. The lowest BCUT2D eigenvalue weighted by atomic mass is 9.85. The van der Waals surface area contributed by atoms with Crippen molar-refractivity contribution in [3.05, 3.63) is 35.4 Å². The van der Waals surface area contributed by atoms with Crippen LogP contribution in [0.15, 0.2) is 28.3 Å². The van der Waals surface area contributed by atoms with E-state index in [1.807, 2.05) is 5.38 Å². The van der Waals surface area contributed by atoms with E-state index in [1.165, 1.54) is 17.8 Å². The summed E-state index contributed by atoms with van der Waals surface area (Å²) in [6.45, 7) is 0.537. The molecular weight excluding hydrogens is 300 g/mol. The third-order valence-corrected chi connectivity index (χ3v) is 4.51. The molecule has 0 aromatic carbocycles. The van der Waals surface area contributed by atoms with Gasteiger partial charge in [0.2, 0.25) is 5.89 Å². The molecule has 0 spiro atoms. The van der Waals surface area contributed by atoms with Gasteiger partial charge in [-0.25, -0.2) is 15.0 Å². The minimum atomic E-state index is 0.448. The number of rotatable bonds is 5. The van der Waals surface area contributed by atoms with Crippen LogP contribution in [-0.4, -0.2) is 25.1 Å². The number of aromatic nitrogens is 5. The molecule has 3 aromatic rings. The van der Waals surface area contributed by atoms with E-state index >= 15 is 0 Å². The lowest BCUT2D eigenvalue weighted by molar-refractivity contribution is 0.338. The predicted octanol–water partition coefficient (Wildman–Crippen LogP) is 2.86. The van der Waals surface area contributed by atoms with Gasteiger partial charge in [0, 0.05) is 23.7 Å². The Morgan fingerprint density at radius 2 is 2.09 bits per heavy atom. The molecule has 0 aliphatic heterocycles. The van der Waals surface area contributed by atoms with Crippen molar-refractivity contribution in [2.45, 2.75) is 31.7 Å². The maximum atomic E-state index is 5.62. The minimum absolute atomic E-state index is 0.448. The van der Waals surface area contributed by atoms with Crippen molar-refractivity contribution >= 4 is 17.4 Å². The van der Waals surface area contributed by atoms with Crippen molar-refractivity contribution in [1.82, 2.24) is 25.1 Å². The third kappa shape index (κ3) is 2.69. The van der Waals surface area contributed by atoms with Gasteiger partial charge in [0.25, 0.3) is 0 Å². The Morgan fingerprint density at radius 1 is 1.23 bits per heavy atom. The lowest BCUT2D eigenvalue weighted by Gasteiger charge is -2.20.